The van der Waals surface area contributed by atoms with E-state index in [0.29, 0.717) is 5.56 Å². The molecule has 0 bridgehead atoms. The number of rotatable bonds is 3. The van der Waals surface area contributed by atoms with Crippen LogP contribution in [0.5, 0.6) is 0 Å². The number of amides is 1. The molecule has 2 rings (SSSR count). The second kappa shape index (κ2) is 7.03. The quantitative estimate of drug-likeness (QED) is 0.890. The molecule has 0 aliphatic carbocycles. The highest BCUT2D eigenvalue weighted by Gasteiger charge is 2.36. The molecular weight excluding hydrogens is 341 g/mol. The van der Waals surface area contributed by atoms with Gasteiger partial charge in [0.05, 0.1) is 0 Å². The van der Waals surface area contributed by atoms with E-state index in [1.165, 1.54) is 0 Å². The smallest absolute Gasteiger partial charge is 0.316 e. The Morgan fingerprint density at radius 1 is 1.27 bits per heavy atom. The van der Waals surface area contributed by atoms with Crippen LogP contribution in [0.15, 0.2) is 24.3 Å². The Kier molecular flexibility index (Phi) is 5.86. The molecule has 22 heavy (non-hydrogen) atoms. The van der Waals surface area contributed by atoms with Crippen LogP contribution in [0.2, 0.25) is 0 Å². The van der Waals surface area contributed by atoms with Crippen LogP contribution >= 0.6 is 23.7 Å². The molecular formula is C12H12ClF3N4OS. The first kappa shape index (κ1) is 18.3. The molecule has 1 heterocycles. The average molecular weight is 353 g/mol. The van der Waals surface area contributed by atoms with E-state index in [0.717, 1.165) is 5.56 Å². The summed E-state index contributed by atoms with van der Waals surface area (Å²) in [6.07, 6.45) is -4.58. The van der Waals surface area contributed by atoms with Crippen molar-refractivity contribution in [2.75, 3.05) is 5.32 Å². The number of aryl methyl sites for hydroxylation is 1. The molecule has 0 saturated heterocycles. The number of nitrogens with zero attached hydrogens (tertiary/aromatic N) is 2. The molecule has 120 valence electrons. The van der Waals surface area contributed by atoms with E-state index < -0.39 is 23.1 Å². The fourth-order valence-electron chi connectivity index (χ4n) is 1.50. The minimum Gasteiger partial charge on any atom is -0.316 e. The van der Waals surface area contributed by atoms with E-state index in [9.17, 15) is 18.0 Å². The maximum atomic E-state index is 12.4. The second-order valence-corrected chi connectivity index (χ2v) is 5.27. The summed E-state index contributed by atoms with van der Waals surface area (Å²) in [5.41, 5.74) is 7.31. The van der Waals surface area contributed by atoms with Crippen molar-refractivity contribution in [3.8, 4) is 0 Å². The van der Waals surface area contributed by atoms with E-state index in [2.05, 4.69) is 15.5 Å². The van der Waals surface area contributed by atoms with Gasteiger partial charge in [-0.05, 0) is 12.5 Å². The van der Waals surface area contributed by atoms with Crippen LogP contribution in [0, 0.1) is 6.92 Å². The predicted octanol–water partition coefficient (Wildman–Crippen LogP) is 2.93. The van der Waals surface area contributed by atoms with Gasteiger partial charge in [-0.2, -0.15) is 13.2 Å². The molecule has 0 aliphatic rings. The number of hydrogen-bond acceptors (Lipinski definition) is 5. The van der Waals surface area contributed by atoms with E-state index in [1.54, 1.807) is 24.3 Å². The molecule has 1 unspecified atom stereocenters. The third kappa shape index (κ3) is 4.39. The normalized spacial score (nSPS) is 12.4. The van der Waals surface area contributed by atoms with E-state index in [-0.39, 0.29) is 28.9 Å². The number of benzene rings is 1. The first-order chi connectivity index (χ1) is 9.77. The summed E-state index contributed by atoms with van der Waals surface area (Å²) < 4.78 is 37.1. The van der Waals surface area contributed by atoms with Crippen molar-refractivity contribution in [1.29, 1.82) is 0 Å². The third-order valence-corrected chi connectivity index (χ3v) is 3.50. The van der Waals surface area contributed by atoms with Crippen LogP contribution in [-0.2, 0) is 11.0 Å². The van der Waals surface area contributed by atoms with Gasteiger partial charge < -0.3 is 5.73 Å². The zero-order valence-electron chi connectivity index (χ0n) is 11.2. The molecule has 5 nitrogen and oxygen atoms in total. The first-order valence-corrected chi connectivity index (χ1v) is 6.63. The Morgan fingerprint density at radius 2 is 1.86 bits per heavy atom. The molecule has 10 heteroatoms. The number of nitrogens with one attached hydrogen (secondary N) is 1. The highest BCUT2D eigenvalue weighted by Crippen LogP contribution is 2.33. The zero-order chi connectivity index (χ0) is 15.6. The summed E-state index contributed by atoms with van der Waals surface area (Å²) in [6, 6.07) is 5.94. The van der Waals surface area contributed by atoms with Crippen molar-refractivity contribution < 1.29 is 18.0 Å². The van der Waals surface area contributed by atoms with Crippen molar-refractivity contribution in [3.63, 3.8) is 0 Å². The van der Waals surface area contributed by atoms with Crippen molar-refractivity contribution in [1.82, 2.24) is 10.2 Å². The number of nitrogens with two attached hydrogens (primary N) is 1. The number of carbonyl (C=O) groups excluding carboxylic acids is 1. The van der Waals surface area contributed by atoms with Crippen LogP contribution in [0.25, 0.3) is 0 Å². The molecule has 0 aliphatic heterocycles. The monoisotopic (exact) mass is 352 g/mol. The van der Waals surface area contributed by atoms with Gasteiger partial charge >= 0.3 is 6.18 Å². The molecule has 3 N–H and O–H groups in total. The van der Waals surface area contributed by atoms with Gasteiger partial charge in [-0.25, -0.2) is 0 Å². The predicted molar refractivity (Wildman–Crippen MR) is 78.9 cm³/mol. The molecule has 0 fully saturated rings. The number of hydrogen-bond donors (Lipinski definition) is 2. The fourth-order valence-corrected chi connectivity index (χ4v) is 2.11. The minimum atomic E-state index is -4.58. The standard InChI is InChI=1S/C12H11F3N4OS.ClH/c1-6-2-4-7(5-3-6)8(16)9(20)17-11-19-18-10(21-11)12(13,14)15;/h2-5,8H,16H2,1H3,(H,17,19,20);1H. The molecule has 0 radical (unpaired) electrons. The van der Waals surface area contributed by atoms with Gasteiger partial charge in [-0.1, -0.05) is 41.2 Å². The lowest BCUT2D eigenvalue weighted by Crippen LogP contribution is -2.27. The number of alkyl halides is 3. The maximum absolute atomic E-state index is 12.4. The Labute approximate surface area is 134 Å². The first-order valence-electron chi connectivity index (χ1n) is 5.81. The summed E-state index contributed by atoms with van der Waals surface area (Å²) in [7, 11) is 0. The van der Waals surface area contributed by atoms with Crippen molar-refractivity contribution >= 4 is 34.8 Å². The molecule has 1 amide bonds. The lowest BCUT2D eigenvalue weighted by Gasteiger charge is -2.11. The minimum absolute atomic E-state index is 0. The second-order valence-electron chi connectivity index (χ2n) is 4.29. The summed E-state index contributed by atoms with van der Waals surface area (Å²) in [5.74, 6) is -0.649. The largest absolute Gasteiger partial charge is 0.445 e. The third-order valence-electron chi connectivity index (χ3n) is 2.62. The van der Waals surface area contributed by atoms with Crippen LogP contribution in [0.3, 0.4) is 0 Å². The topological polar surface area (TPSA) is 80.9 Å². The number of anilines is 1. The summed E-state index contributed by atoms with van der Waals surface area (Å²) in [4.78, 5) is 11.9. The van der Waals surface area contributed by atoms with Crippen molar-refractivity contribution in [2.24, 2.45) is 5.73 Å². The lowest BCUT2D eigenvalue weighted by atomic mass is 10.1. The van der Waals surface area contributed by atoms with Crippen LogP contribution in [0.4, 0.5) is 18.3 Å². The van der Waals surface area contributed by atoms with Crippen molar-refractivity contribution in [3.05, 3.63) is 40.4 Å². The lowest BCUT2D eigenvalue weighted by molar-refractivity contribution is -0.138. The molecule has 1 aromatic carbocycles. The Morgan fingerprint density at radius 3 is 2.36 bits per heavy atom. The van der Waals surface area contributed by atoms with Gasteiger partial charge in [0.1, 0.15) is 6.04 Å². The number of aromatic nitrogens is 2. The Balaban J connectivity index is 0.00000242. The molecule has 2 aromatic rings. The Bertz CT molecular complexity index is 645. The highest BCUT2D eigenvalue weighted by molar-refractivity contribution is 7.15. The fraction of sp³-hybridized carbons (Fsp3) is 0.250. The summed E-state index contributed by atoms with van der Waals surface area (Å²) in [5, 5.41) is 7.11. The maximum Gasteiger partial charge on any atom is 0.445 e. The van der Waals surface area contributed by atoms with Gasteiger partial charge in [-0.15, -0.1) is 22.6 Å². The van der Waals surface area contributed by atoms with Crippen LogP contribution < -0.4 is 11.1 Å². The zero-order valence-corrected chi connectivity index (χ0v) is 12.9. The average Bonchev–Trinajstić information content (AvgIpc) is 2.87. The molecule has 0 spiro atoms. The SMILES string of the molecule is Cc1ccc(C(N)C(=O)Nc2nnc(C(F)(F)F)s2)cc1.Cl. The van der Waals surface area contributed by atoms with Gasteiger partial charge in [-0.3, -0.25) is 10.1 Å². The number of carbonyl (C=O) groups is 1. The van der Waals surface area contributed by atoms with Gasteiger partial charge in [0.15, 0.2) is 0 Å². The van der Waals surface area contributed by atoms with Gasteiger partial charge in [0, 0.05) is 0 Å². The number of halogens is 4. The van der Waals surface area contributed by atoms with Crippen LogP contribution in [-0.4, -0.2) is 16.1 Å². The van der Waals surface area contributed by atoms with E-state index in [1.807, 2.05) is 6.92 Å². The molecule has 0 saturated carbocycles. The van der Waals surface area contributed by atoms with Gasteiger partial charge in [0.2, 0.25) is 16.0 Å². The highest BCUT2D eigenvalue weighted by atomic mass is 35.5. The van der Waals surface area contributed by atoms with Gasteiger partial charge in [0.25, 0.3) is 0 Å². The molecule has 1 aromatic heterocycles. The summed E-state index contributed by atoms with van der Waals surface area (Å²) in [6.45, 7) is 1.88. The molecule has 1 atom stereocenters. The van der Waals surface area contributed by atoms with Crippen LogP contribution in [0.1, 0.15) is 22.2 Å². The Hall–Kier alpha value is -1.71. The van der Waals surface area contributed by atoms with E-state index in [4.69, 9.17) is 5.73 Å². The van der Waals surface area contributed by atoms with Crippen molar-refractivity contribution in [2.45, 2.75) is 19.1 Å². The van der Waals surface area contributed by atoms with E-state index >= 15 is 0 Å². The summed E-state index contributed by atoms with van der Waals surface area (Å²) >= 11 is 0.248.